The molecule has 2 N–H and O–H groups in total. The number of ether oxygens (including phenoxy) is 1. The van der Waals surface area contributed by atoms with E-state index >= 15 is 0 Å². The highest BCUT2D eigenvalue weighted by atomic mass is 16.5. The second-order valence-electron chi connectivity index (χ2n) is 5.10. The van der Waals surface area contributed by atoms with Gasteiger partial charge in [-0.1, -0.05) is 0 Å². The first kappa shape index (κ1) is 13.7. The topological polar surface area (TPSA) is 58.8 Å². The number of nitrogens with zero attached hydrogens (tertiary/aromatic N) is 2. The van der Waals surface area contributed by atoms with Crippen LogP contribution in [-0.2, 0) is 4.74 Å². The van der Waals surface area contributed by atoms with E-state index in [2.05, 4.69) is 4.90 Å². The zero-order valence-corrected chi connectivity index (χ0v) is 11.7. The van der Waals surface area contributed by atoms with Crippen LogP contribution in [0.15, 0.2) is 18.2 Å². The number of nitrogens with two attached hydrogens (primary N) is 1. The minimum absolute atomic E-state index is 0.0369. The van der Waals surface area contributed by atoms with Crippen molar-refractivity contribution in [3.63, 3.8) is 0 Å². The fourth-order valence-electron chi connectivity index (χ4n) is 2.29. The third-order valence-electron chi connectivity index (χ3n) is 3.51. The number of nitrogen functional groups attached to an aromatic ring is 1. The molecule has 1 heterocycles. The van der Waals surface area contributed by atoms with Crippen molar-refractivity contribution in [1.82, 2.24) is 4.90 Å². The van der Waals surface area contributed by atoms with Crippen LogP contribution in [0.25, 0.3) is 0 Å². The van der Waals surface area contributed by atoms with Crippen LogP contribution in [-0.4, -0.2) is 51.2 Å². The number of carbonyl (C=O) groups is 1. The van der Waals surface area contributed by atoms with Crippen molar-refractivity contribution >= 4 is 17.3 Å². The second-order valence-corrected chi connectivity index (χ2v) is 5.10. The van der Waals surface area contributed by atoms with E-state index in [1.807, 2.05) is 19.2 Å². The highest BCUT2D eigenvalue weighted by Crippen LogP contribution is 2.27. The third kappa shape index (κ3) is 2.81. The lowest BCUT2D eigenvalue weighted by Crippen LogP contribution is -2.32. The molecule has 1 fully saturated rings. The van der Waals surface area contributed by atoms with Gasteiger partial charge in [0, 0.05) is 33.3 Å². The molecular formula is C14H21N3O2. The Morgan fingerprint density at radius 1 is 1.37 bits per heavy atom. The smallest absolute Gasteiger partial charge is 0.253 e. The summed E-state index contributed by atoms with van der Waals surface area (Å²) >= 11 is 0. The van der Waals surface area contributed by atoms with E-state index in [1.165, 1.54) is 0 Å². The SMILES string of the molecule is CN(C)C(=O)c1ccc(N(C)C2CCOC2)c(N)c1. The normalized spacial score (nSPS) is 18.4. The van der Waals surface area contributed by atoms with Gasteiger partial charge in [-0.2, -0.15) is 0 Å². The molecule has 1 aromatic rings. The second kappa shape index (κ2) is 5.48. The van der Waals surface area contributed by atoms with Gasteiger partial charge in [0.2, 0.25) is 0 Å². The highest BCUT2D eigenvalue weighted by molar-refractivity contribution is 5.95. The number of carbonyl (C=O) groups excluding carboxylic acids is 1. The molecule has 0 aliphatic carbocycles. The van der Waals surface area contributed by atoms with Crippen molar-refractivity contribution in [3.05, 3.63) is 23.8 Å². The maximum atomic E-state index is 11.9. The van der Waals surface area contributed by atoms with Crippen molar-refractivity contribution in [2.75, 3.05) is 45.0 Å². The van der Waals surface area contributed by atoms with Crippen LogP contribution in [0.4, 0.5) is 11.4 Å². The fourth-order valence-corrected chi connectivity index (χ4v) is 2.29. The van der Waals surface area contributed by atoms with Crippen LogP contribution in [0.3, 0.4) is 0 Å². The minimum Gasteiger partial charge on any atom is -0.397 e. The number of amides is 1. The standard InChI is InChI=1S/C14H21N3O2/c1-16(2)14(18)10-4-5-13(12(15)8-10)17(3)11-6-7-19-9-11/h4-5,8,11H,6-7,9,15H2,1-3H3. The maximum absolute atomic E-state index is 11.9. The van der Waals surface area contributed by atoms with Crippen LogP contribution in [0.5, 0.6) is 0 Å². The van der Waals surface area contributed by atoms with E-state index in [-0.39, 0.29) is 5.91 Å². The van der Waals surface area contributed by atoms with Gasteiger partial charge in [0.15, 0.2) is 0 Å². The van der Waals surface area contributed by atoms with E-state index in [4.69, 9.17) is 10.5 Å². The average molecular weight is 263 g/mol. The van der Waals surface area contributed by atoms with Gasteiger partial charge in [0.1, 0.15) is 0 Å². The van der Waals surface area contributed by atoms with Crippen molar-refractivity contribution < 1.29 is 9.53 Å². The highest BCUT2D eigenvalue weighted by Gasteiger charge is 2.22. The Bertz CT molecular complexity index is 468. The van der Waals surface area contributed by atoms with Crippen molar-refractivity contribution in [1.29, 1.82) is 0 Å². The van der Waals surface area contributed by atoms with Crippen molar-refractivity contribution in [2.45, 2.75) is 12.5 Å². The van der Waals surface area contributed by atoms with Crippen LogP contribution in [0.2, 0.25) is 0 Å². The Hall–Kier alpha value is -1.75. The third-order valence-corrected chi connectivity index (χ3v) is 3.51. The first-order valence-corrected chi connectivity index (χ1v) is 6.42. The molecular weight excluding hydrogens is 242 g/mol. The van der Waals surface area contributed by atoms with Gasteiger partial charge in [-0.15, -0.1) is 0 Å². The Labute approximate surface area is 113 Å². The lowest BCUT2D eigenvalue weighted by atomic mass is 10.1. The van der Waals surface area contributed by atoms with Gasteiger partial charge in [-0.05, 0) is 24.6 Å². The number of hydrogen-bond donors (Lipinski definition) is 1. The van der Waals surface area contributed by atoms with E-state index in [0.717, 1.165) is 25.3 Å². The molecule has 0 saturated carbocycles. The first-order chi connectivity index (χ1) is 9.00. The predicted molar refractivity (Wildman–Crippen MR) is 76.5 cm³/mol. The summed E-state index contributed by atoms with van der Waals surface area (Å²) in [4.78, 5) is 15.5. The van der Waals surface area contributed by atoms with Crippen LogP contribution >= 0.6 is 0 Å². The summed E-state index contributed by atoms with van der Waals surface area (Å²) in [5.74, 6) is -0.0369. The molecule has 5 heteroatoms. The summed E-state index contributed by atoms with van der Waals surface area (Å²) < 4.78 is 5.39. The molecule has 1 unspecified atom stereocenters. The zero-order chi connectivity index (χ0) is 14.0. The molecule has 1 aliphatic heterocycles. The van der Waals surface area contributed by atoms with Crippen LogP contribution in [0.1, 0.15) is 16.8 Å². The monoisotopic (exact) mass is 263 g/mol. The van der Waals surface area contributed by atoms with Crippen molar-refractivity contribution in [2.24, 2.45) is 0 Å². The molecule has 2 rings (SSSR count). The predicted octanol–water partition coefficient (Wildman–Crippen LogP) is 1.20. The van der Waals surface area contributed by atoms with E-state index in [1.54, 1.807) is 25.1 Å². The Balaban J connectivity index is 2.21. The molecule has 19 heavy (non-hydrogen) atoms. The molecule has 1 atom stereocenters. The molecule has 0 bridgehead atoms. The van der Waals surface area contributed by atoms with Crippen molar-refractivity contribution in [3.8, 4) is 0 Å². The summed E-state index contributed by atoms with van der Waals surface area (Å²) in [6, 6.07) is 5.83. The van der Waals surface area contributed by atoms with E-state index in [9.17, 15) is 4.79 Å². The molecule has 1 aliphatic rings. The van der Waals surface area contributed by atoms with Gasteiger partial charge in [0.05, 0.1) is 24.0 Å². The summed E-state index contributed by atoms with van der Waals surface area (Å²) in [6.45, 7) is 1.53. The van der Waals surface area contributed by atoms with Gasteiger partial charge in [-0.25, -0.2) is 0 Å². The minimum atomic E-state index is -0.0369. The summed E-state index contributed by atoms with van der Waals surface area (Å²) in [7, 11) is 5.47. The quantitative estimate of drug-likeness (QED) is 0.832. The van der Waals surface area contributed by atoms with Gasteiger partial charge in [-0.3, -0.25) is 4.79 Å². The fraction of sp³-hybridized carbons (Fsp3) is 0.500. The van der Waals surface area contributed by atoms with Gasteiger partial charge in [0.25, 0.3) is 5.91 Å². The van der Waals surface area contributed by atoms with E-state index in [0.29, 0.717) is 17.3 Å². The lowest BCUT2D eigenvalue weighted by Gasteiger charge is -2.27. The number of likely N-dealkylation sites (N-methyl/N-ethyl adjacent to an activating group) is 1. The number of rotatable bonds is 3. The summed E-state index contributed by atoms with van der Waals surface area (Å²) in [5, 5.41) is 0. The number of hydrogen-bond acceptors (Lipinski definition) is 4. The number of anilines is 2. The van der Waals surface area contributed by atoms with Crippen LogP contribution < -0.4 is 10.6 Å². The Morgan fingerprint density at radius 2 is 2.11 bits per heavy atom. The molecule has 1 amide bonds. The molecule has 0 radical (unpaired) electrons. The molecule has 5 nitrogen and oxygen atoms in total. The molecule has 0 aromatic heterocycles. The molecule has 1 saturated heterocycles. The first-order valence-electron chi connectivity index (χ1n) is 6.42. The van der Waals surface area contributed by atoms with Gasteiger partial charge < -0.3 is 20.3 Å². The Kier molecular flexibility index (Phi) is 3.95. The van der Waals surface area contributed by atoms with Gasteiger partial charge >= 0.3 is 0 Å². The lowest BCUT2D eigenvalue weighted by molar-refractivity contribution is 0.0827. The zero-order valence-electron chi connectivity index (χ0n) is 11.7. The molecule has 1 aromatic carbocycles. The average Bonchev–Trinajstić information content (AvgIpc) is 2.90. The summed E-state index contributed by atoms with van der Waals surface area (Å²) in [5.41, 5.74) is 8.26. The summed E-state index contributed by atoms with van der Waals surface area (Å²) in [6.07, 6.45) is 1.01. The molecule has 104 valence electrons. The number of benzene rings is 1. The largest absolute Gasteiger partial charge is 0.397 e. The maximum Gasteiger partial charge on any atom is 0.253 e. The van der Waals surface area contributed by atoms with Crippen LogP contribution in [0, 0.1) is 0 Å². The van der Waals surface area contributed by atoms with E-state index < -0.39 is 0 Å². The Morgan fingerprint density at radius 3 is 2.63 bits per heavy atom. The molecule has 0 spiro atoms.